The van der Waals surface area contributed by atoms with Crippen LogP contribution in [0.2, 0.25) is 0 Å². The standard InChI is InChI=1S/C28H24O7.C7H17ClNP.C3H7NO2/c1-15(2)25(29)32-17-9-11-21-23(13-17)34-24-14-18(33-26(30)16(3)4)10-12-22(24)28(21)20-8-6-5-7-19(20)27(31)35-28;1-6(2)9(7(3)4)10(5)8;1-3(6)4-2-5/h5-16H,1-4H3;6-7H,1-5H3;5H,2H2,1H3,(H,4,6). The highest BCUT2D eigenvalue weighted by Crippen LogP contribution is 2.57. The Bertz CT molecular complexity index is 1630. The average Bonchev–Trinajstić information content (AvgIpc) is 3.33. The van der Waals surface area contributed by atoms with Crippen molar-refractivity contribution in [3.63, 3.8) is 0 Å². The van der Waals surface area contributed by atoms with Crippen molar-refractivity contribution < 1.29 is 43.2 Å². The van der Waals surface area contributed by atoms with Crippen LogP contribution in [0, 0.1) is 11.8 Å². The summed E-state index contributed by atoms with van der Waals surface area (Å²) in [6.45, 7) is 18.9. The second-order valence-electron chi connectivity index (χ2n) is 13.1. The first-order valence-electron chi connectivity index (χ1n) is 16.7. The molecule has 11 nitrogen and oxygen atoms in total. The van der Waals surface area contributed by atoms with Gasteiger partial charge in [-0.2, -0.15) is 0 Å². The van der Waals surface area contributed by atoms with Gasteiger partial charge in [0.25, 0.3) is 0 Å². The zero-order valence-electron chi connectivity index (χ0n) is 30.8. The molecule has 0 fully saturated rings. The number of nitrogens with one attached hydrogen (secondary N) is 1. The number of amides is 1. The van der Waals surface area contributed by atoms with E-state index in [0.29, 0.717) is 57.3 Å². The molecule has 1 spiro atoms. The highest BCUT2D eigenvalue weighted by atomic mass is 35.7. The van der Waals surface area contributed by atoms with Gasteiger partial charge in [0.1, 0.15) is 29.7 Å². The van der Waals surface area contributed by atoms with Crippen LogP contribution in [0.5, 0.6) is 23.0 Å². The van der Waals surface area contributed by atoms with Gasteiger partial charge in [-0.15, -0.1) is 0 Å². The number of carbonyl (C=O) groups excluding carboxylic acids is 4. The van der Waals surface area contributed by atoms with Gasteiger partial charge in [0.05, 0.1) is 24.8 Å². The van der Waals surface area contributed by atoms with Crippen LogP contribution in [0.3, 0.4) is 0 Å². The van der Waals surface area contributed by atoms with Crippen molar-refractivity contribution >= 4 is 42.5 Å². The smallest absolute Gasteiger partial charge is 0.340 e. The molecule has 0 bridgehead atoms. The molecule has 276 valence electrons. The van der Waals surface area contributed by atoms with Gasteiger partial charge in [-0.25, -0.2) is 4.79 Å². The summed E-state index contributed by atoms with van der Waals surface area (Å²) in [6, 6.07) is 18.3. The van der Waals surface area contributed by atoms with E-state index in [1.54, 1.807) is 76.2 Å². The lowest BCUT2D eigenvalue weighted by Gasteiger charge is -2.36. The minimum atomic E-state index is -1.27. The number of rotatable bonds is 8. The molecule has 3 aromatic rings. The lowest BCUT2D eigenvalue weighted by atomic mass is 9.77. The summed E-state index contributed by atoms with van der Waals surface area (Å²) in [5.74, 6) is -0.691. The van der Waals surface area contributed by atoms with E-state index < -0.39 is 19.0 Å². The third-order valence-corrected chi connectivity index (χ3v) is 9.82. The van der Waals surface area contributed by atoms with Crippen LogP contribution in [0.25, 0.3) is 0 Å². The van der Waals surface area contributed by atoms with Crippen molar-refractivity contribution in [2.24, 2.45) is 11.8 Å². The fourth-order valence-electron chi connectivity index (χ4n) is 5.58. The first kappa shape index (κ1) is 41.4. The molecule has 0 saturated carbocycles. The van der Waals surface area contributed by atoms with E-state index in [1.807, 2.05) is 12.1 Å². The van der Waals surface area contributed by atoms with Crippen molar-refractivity contribution in [2.75, 3.05) is 13.4 Å². The van der Waals surface area contributed by atoms with Crippen LogP contribution in [-0.2, 0) is 24.7 Å². The van der Waals surface area contributed by atoms with E-state index in [2.05, 4.69) is 44.3 Å². The van der Waals surface area contributed by atoms with Crippen LogP contribution < -0.4 is 19.5 Å². The van der Waals surface area contributed by atoms with Gasteiger partial charge in [0, 0.05) is 47.8 Å². The van der Waals surface area contributed by atoms with E-state index in [-0.39, 0.29) is 36.4 Å². The zero-order chi connectivity index (χ0) is 38.2. The molecular formula is C38H48ClN2O9P. The van der Waals surface area contributed by atoms with E-state index in [1.165, 1.54) is 6.92 Å². The number of hydrogen-bond acceptors (Lipinski definition) is 10. The van der Waals surface area contributed by atoms with Crippen LogP contribution in [0.1, 0.15) is 89.4 Å². The van der Waals surface area contributed by atoms with Crippen molar-refractivity contribution in [1.82, 2.24) is 9.99 Å². The topological polar surface area (TPSA) is 141 Å². The first-order valence-corrected chi connectivity index (χ1v) is 19.3. The molecule has 0 aromatic heterocycles. The number of aliphatic hydroxyl groups excluding tert-OH is 1. The molecule has 5 rings (SSSR count). The fourth-order valence-corrected chi connectivity index (χ4v) is 7.90. The van der Waals surface area contributed by atoms with Crippen molar-refractivity contribution in [3.05, 3.63) is 82.9 Å². The maximum atomic E-state index is 12.9. The molecule has 3 aromatic carbocycles. The first-order chi connectivity index (χ1) is 23.9. The molecule has 2 aliphatic rings. The van der Waals surface area contributed by atoms with Gasteiger partial charge < -0.3 is 29.4 Å². The number of aliphatic hydroxyl groups is 1. The average molecular weight is 743 g/mol. The summed E-state index contributed by atoms with van der Waals surface area (Å²) >= 11 is 6.02. The van der Waals surface area contributed by atoms with Crippen molar-refractivity contribution in [2.45, 2.75) is 80.0 Å². The molecule has 2 heterocycles. The number of benzene rings is 3. The highest BCUT2D eigenvalue weighted by Gasteiger charge is 2.53. The predicted octanol–water partition coefficient (Wildman–Crippen LogP) is 7.74. The summed E-state index contributed by atoms with van der Waals surface area (Å²) in [4.78, 5) is 47.0. The Balaban J connectivity index is 0.000000367. The largest absolute Gasteiger partial charge is 0.456 e. The quantitative estimate of drug-likeness (QED) is 0.102. The minimum absolute atomic E-state index is 0.211. The monoisotopic (exact) mass is 742 g/mol. The van der Waals surface area contributed by atoms with Crippen LogP contribution in [-0.4, -0.2) is 59.1 Å². The molecule has 1 unspecified atom stereocenters. The number of nitrogens with zero attached hydrogens (tertiary/aromatic N) is 1. The Morgan fingerprint density at radius 2 is 1.29 bits per heavy atom. The van der Waals surface area contributed by atoms with Gasteiger partial charge in [0.2, 0.25) is 5.91 Å². The molecule has 0 radical (unpaired) electrons. The lowest BCUT2D eigenvalue weighted by molar-refractivity contribution is -0.138. The number of esters is 3. The Morgan fingerprint density at radius 3 is 1.65 bits per heavy atom. The molecular weight excluding hydrogens is 695 g/mol. The molecule has 2 N–H and O–H groups in total. The predicted molar refractivity (Wildman–Crippen MR) is 197 cm³/mol. The normalized spacial score (nSPS) is 13.9. The van der Waals surface area contributed by atoms with Gasteiger partial charge in [-0.3, -0.25) is 19.1 Å². The SMILES string of the molecule is CC(=O)NCO.CC(C)C(=O)Oc1ccc2c(c1)Oc1cc(OC(=O)C(C)C)ccc1C21OC(=O)c2ccccc21.CC(C)N(C(C)C)P(C)Cl. The summed E-state index contributed by atoms with van der Waals surface area (Å²) in [7, 11) is -0.437. The van der Waals surface area contributed by atoms with Crippen molar-refractivity contribution in [3.8, 4) is 23.0 Å². The molecule has 0 aliphatic carbocycles. The van der Waals surface area contributed by atoms with E-state index in [9.17, 15) is 19.2 Å². The Kier molecular flexibility index (Phi) is 14.6. The van der Waals surface area contributed by atoms with E-state index in [4.69, 9.17) is 35.3 Å². The van der Waals surface area contributed by atoms with E-state index >= 15 is 0 Å². The van der Waals surface area contributed by atoms with Crippen LogP contribution in [0.15, 0.2) is 60.7 Å². The molecule has 1 atom stereocenters. The van der Waals surface area contributed by atoms with Crippen LogP contribution >= 0.6 is 18.7 Å². The van der Waals surface area contributed by atoms with Crippen molar-refractivity contribution in [1.29, 1.82) is 0 Å². The number of hydrogen-bond donors (Lipinski definition) is 2. The second kappa shape index (κ2) is 18.0. The summed E-state index contributed by atoms with van der Waals surface area (Å²) in [6.07, 6.45) is 0. The van der Waals surface area contributed by atoms with Crippen LogP contribution in [0.4, 0.5) is 0 Å². The molecule has 51 heavy (non-hydrogen) atoms. The highest BCUT2D eigenvalue weighted by molar-refractivity contribution is 7.81. The Morgan fingerprint density at radius 1 is 0.824 bits per heavy atom. The van der Waals surface area contributed by atoms with E-state index in [0.717, 1.165) is 0 Å². The molecule has 0 saturated heterocycles. The molecule has 1 amide bonds. The number of fused-ring (bicyclic) bond motifs is 6. The van der Waals surface area contributed by atoms with Gasteiger partial charge >= 0.3 is 17.9 Å². The Labute approximate surface area is 306 Å². The third-order valence-electron chi connectivity index (χ3n) is 7.74. The number of carbonyl (C=O) groups is 4. The minimum Gasteiger partial charge on any atom is -0.456 e. The zero-order valence-corrected chi connectivity index (χ0v) is 32.4. The summed E-state index contributed by atoms with van der Waals surface area (Å²) in [5, 5.41) is 10.0. The molecule has 13 heteroatoms. The van der Waals surface area contributed by atoms with Gasteiger partial charge in [-0.1, -0.05) is 57.1 Å². The fraction of sp³-hybridized carbons (Fsp3) is 0.421. The maximum absolute atomic E-state index is 12.9. The summed E-state index contributed by atoms with van der Waals surface area (Å²) < 4.78 is 25.6. The third kappa shape index (κ3) is 9.86. The number of ether oxygens (including phenoxy) is 4. The lowest BCUT2D eigenvalue weighted by Crippen LogP contribution is -2.33. The maximum Gasteiger partial charge on any atom is 0.340 e. The Hall–Kier alpha value is -4.02. The second-order valence-corrected chi connectivity index (χ2v) is 15.9. The van der Waals surface area contributed by atoms with Gasteiger partial charge in [-0.05, 0) is 64.7 Å². The summed E-state index contributed by atoms with van der Waals surface area (Å²) in [5.41, 5.74) is 1.06. The molecule has 2 aliphatic heterocycles. The number of halogens is 1. The van der Waals surface area contributed by atoms with Gasteiger partial charge in [0.15, 0.2) is 5.60 Å².